The van der Waals surface area contributed by atoms with Gasteiger partial charge in [-0.05, 0) is 50.0 Å². The van der Waals surface area contributed by atoms with Gasteiger partial charge < -0.3 is 15.1 Å². The lowest BCUT2D eigenvalue weighted by atomic mass is 9.93. The van der Waals surface area contributed by atoms with Crippen LogP contribution in [0.25, 0.3) is 22.1 Å². The number of benzene rings is 1. The molecule has 4 rings (SSSR count). The Balaban J connectivity index is 1.55. The zero-order chi connectivity index (χ0) is 16.5. The summed E-state index contributed by atoms with van der Waals surface area (Å²) >= 11 is 3.52. The molecule has 0 radical (unpaired) electrons. The second-order valence-electron chi connectivity index (χ2n) is 6.52. The molecule has 1 aliphatic rings. The van der Waals surface area contributed by atoms with Crippen molar-refractivity contribution >= 4 is 38.0 Å². The molecule has 3 heterocycles. The lowest BCUT2D eigenvalue weighted by Crippen LogP contribution is -2.37. The molecule has 6 heteroatoms. The average molecular weight is 389 g/mol. The number of rotatable bonds is 4. The van der Waals surface area contributed by atoms with Gasteiger partial charge in [0.1, 0.15) is 16.9 Å². The SMILES string of the molecule is NCCN1CCC(Cc2ncc3oc4ccc(Br)cc4c3n2)CC1. The van der Waals surface area contributed by atoms with Gasteiger partial charge in [0.05, 0.1) is 6.20 Å². The zero-order valence-electron chi connectivity index (χ0n) is 13.5. The number of piperidine rings is 1. The van der Waals surface area contributed by atoms with Crippen LogP contribution in [-0.4, -0.2) is 41.0 Å². The van der Waals surface area contributed by atoms with Gasteiger partial charge in [0.25, 0.3) is 0 Å². The minimum absolute atomic E-state index is 0.654. The van der Waals surface area contributed by atoms with Gasteiger partial charge in [-0.25, -0.2) is 9.97 Å². The first-order chi connectivity index (χ1) is 11.7. The first kappa shape index (κ1) is 16.0. The summed E-state index contributed by atoms with van der Waals surface area (Å²) < 4.78 is 6.86. The summed E-state index contributed by atoms with van der Waals surface area (Å²) in [7, 11) is 0. The number of nitrogens with zero attached hydrogens (tertiary/aromatic N) is 3. The Morgan fingerprint density at radius 2 is 2.08 bits per heavy atom. The summed E-state index contributed by atoms with van der Waals surface area (Å²) in [6.07, 6.45) is 5.14. The molecule has 24 heavy (non-hydrogen) atoms. The van der Waals surface area contributed by atoms with Crippen LogP contribution >= 0.6 is 15.9 Å². The van der Waals surface area contributed by atoms with Crippen molar-refractivity contribution < 1.29 is 4.42 Å². The highest BCUT2D eigenvalue weighted by molar-refractivity contribution is 9.10. The van der Waals surface area contributed by atoms with E-state index in [1.165, 1.54) is 12.8 Å². The quantitative estimate of drug-likeness (QED) is 0.741. The lowest BCUT2D eigenvalue weighted by Gasteiger charge is -2.31. The Morgan fingerprint density at radius 3 is 2.88 bits per heavy atom. The summed E-state index contributed by atoms with van der Waals surface area (Å²) in [6.45, 7) is 4.01. The number of fused-ring (bicyclic) bond motifs is 3. The monoisotopic (exact) mass is 388 g/mol. The van der Waals surface area contributed by atoms with Crippen LogP contribution in [-0.2, 0) is 6.42 Å². The Bertz CT molecular complexity index is 855. The van der Waals surface area contributed by atoms with Crippen molar-refractivity contribution in [2.45, 2.75) is 19.3 Å². The van der Waals surface area contributed by atoms with E-state index in [0.717, 1.165) is 65.0 Å². The van der Waals surface area contributed by atoms with Crippen LogP contribution in [0, 0.1) is 5.92 Å². The third-order valence-electron chi connectivity index (χ3n) is 4.85. The van der Waals surface area contributed by atoms with Gasteiger partial charge in [-0.15, -0.1) is 0 Å². The summed E-state index contributed by atoms with van der Waals surface area (Å²) in [4.78, 5) is 11.8. The van der Waals surface area contributed by atoms with Gasteiger partial charge in [0.15, 0.2) is 5.58 Å². The van der Waals surface area contributed by atoms with Crippen LogP contribution in [0.1, 0.15) is 18.7 Å². The molecule has 2 N–H and O–H groups in total. The molecule has 1 aliphatic heterocycles. The minimum Gasteiger partial charge on any atom is -0.453 e. The van der Waals surface area contributed by atoms with Crippen LogP contribution in [0.4, 0.5) is 0 Å². The minimum atomic E-state index is 0.654. The van der Waals surface area contributed by atoms with Crippen molar-refractivity contribution in [2.24, 2.45) is 11.7 Å². The van der Waals surface area contributed by atoms with Crippen molar-refractivity contribution in [1.82, 2.24) is 14.9 Å². The van der Waals surface area contributed by atoms with Gasteiger partial charge in [0.2, 0.25) is 0 Å². The number of furan rings is 1. The molecule has 5 nitrogen and oxygen atoms in total. The van der Waals surface area contributed by atoms with E-state index < -0.39 is 0 Å². The molecule has 126 valence electrons. The van der Waals surface area contributed by atoms with Gasteiger partial charge in [-0.2, -0.15) is 0 Å². The Morgan fingerprint density at radius 1 is 1.25 bits per heavy atom. The van der Waals surface area contributed by atoms with Gasteiger partial charge in [-0.1, -0.05) is 15.9 Å². The smallest absolute Gasteiger partial charge is 0.172 e. The topological polar surface area (TPSA) is 68.2 Å². The fourth-order valence-corrected chi connectivity index (χ4v) is 3.88. The number of aromatic nitrogens is 2. The highest BCUT2D eigenvalue weighted by Crippen LogP contribution is 2.29. The average Bonchev–Trinajstić information content (AvgIpc) is 2.94. The molecule has 0 amide bonds. The normalized spacial score (nSPS) is 17.1. The molecule has 1 saturated heterocycles. The Kier molecular flexibility index (Phi) is 4.52. The Labute approximate surface area is 149 Å². The van der Waals surface area contributed by atoms with Crippen LogP contribution in [0.15, 0.2) is 33.3 Å². The molecule has 0 saturated carbocycles. The van der Waals surface area contributed by atoms with Gasteiger partial charge >= 0.3 is 0 Å². The molecule has 3 aromatic rings. The number of nitrogens with two attached hydrogens (primary N) is 1. The maximum atomic E-state index is 5.83. The maximum Gasteiger partial charge on any atom is 0.172 e. The van der Waals surface area contributed by atoms with E-state index in [-0.39, 0.29) is 0 Å². The first-order valence-electron chi connectivity index (χ1n) is 8.49. The van der Waals surface area contributed by atoms with Crippen LogP contribution < -0.4 is 5.73 Å². The molecule has 0 spiro atoms. The fraction of sp³-hybridized carbons (Fsp3) is 0.444. The summed E-state index contributed by atoms with van der Waals surface area (Å²) in [5.41, 5.74) is 8.17. The van der Waals surface area contributed by atoms with Crippen LogP contribution in [0.2, 0.25) is 0 Å². The number of halogens is 1. The highest BCUT2D eigenvalue weighted by atomic mass is 79.9. The summed E-state index contributed by atoms with van der Waals surface area (Å²) in [5, 5.41) is 1.04. The molecular formula is C18H21BrN4O. The standard InChI is InChI=1S/C18H21BrN4O/c19-13-1-2-15-14(10-13)18-16(24-15)11-21-17(22-18)9-12-3-6-23(7-4-12)8-5-20/h1-2,10-12H,3-9,20H2. The van der Waals surface area contributed by atoms with Crippen molar-refractivity contribution in [3.05, 3.63) is 34.7 Å². The van der Waals surface area contributed by atoms with Crippen molar-refractivity contribution in [3.63, 3.8) is 0 Å². The zero-order valence-corrected chi connectivity index (χ0v) is 15.1. The third kappa shape index (κ3) is 3.18. The Hall–Kier alpha value is -1.50. The van der Waals surface area contributed by atoms with E-state index in [1.54, 1.807) is 0 Å². The van der Waals surface area contributed by atoms with E-state index in [4.69, 9.17) is 15.1 Å². The molecule has 0 atom stereocenters. The molecule has 1 fully saturated rings. The predicted molar refractivity (Wildman–Crippen MR) is 98.9 cm³/mol. The highest BCUT2D eigenvalue weighted by Gasteiger charge is 2.20. The van der Waals surface area contributed by atoms with Gasteiger partial charge in [0, 0.05) is 29.4 Å². The molecule has 0 bridgehead atoms. The first-order valence-corrected chi connectivity index (χ1v) is 9.28. The van der Waals surface area contributed by atoms with Crippen LogP contribution in [0.3, 0.4) is 0 Å². The number of hydrogen-bond acceptors (Lipinski definition) is 5. The van der Waals surface area contributed by atoms with Gasteiger partial charge in [-0.3, -0.25) is 0 Å². The maximum absolute atomic E-state index is 5.83. The largest absolute Gasteiger partial charge is 0.453 e. The molecule has 0 aliphatic carbocycles. The predicted octanol–water partition coefficient (Wildman–Crippen LogP) is 3.35. The van der Waals surface area contributed by atoms with E-state index in [1.807, 2.05) is 18.3 Å². The molecule has 1 aromatic carbocycles. The van der Waals surface area contributed by atoms with E-state index in [2.05, 4.69) is 31.9 Å². The summed E-state index contributed by atoms with van der Waals surface area (Å²) in [5.74, 6) is 1.57. The number of hydrogen-bond donors (Lipinski definition) is 1. The second-order valence-corrected chi connectivity index (χ2v) is 7.44. The fourth-order valence-electron chi connectivity index (χ4n) is 3.52. The molecule has 2 aromatic heterocycles. The van der Waals surface area contributed by atoms with Crippen molar-refractivity contribution in [3.8, 4) is 0 Å². The van der Waals surface area contributed by atoms with E-state index >= 15 is 0 Å². The second kappa shape index (κ2) is 6.78. The molecule has 0 unspecified atom stereocenters. The van der Waals surface area contributed by atoms with Crippen LogP contribution in [0.5, 0.6) is 0 Å². The van der Waals surface area contributed by atoms with Crippen molar-refractivity contribution in [1.29, 1.82) is 0 Å². The summed E-state index contributed by atoms with van der Waals surface area (Å²) in [6, 6.07) is 6.01. The molecular weight excluding hydrogens is 368 g/mol. The lowest BCUT2D eigenvalue weighted by molar-refractivity contribution is 0.187. The van der Waals surface area contributed by atoms with E-state index in [0.29, 0.717) is 5.92 Å². The van der Waals surface area contributed by atoms with Crippen molar-refractivity contribution in [2.75, 3.05) is 26.2 Å². The van der Waals surface area contributed by atoms with E-state index in [9.17, 15) is 0 Å². The third-order valence-corrected chi connectivity index (χ3v) is 5.34. The number of likely N-dealkylation sites (tertiary alicyclic amines) is 1.